The van der Waals surface area contributed by atoms with Gasteiger partial charge >= 0.3 is 12.1 Å². The molecule has 0 saturated heterocycles. The number of carbonyl (C=O) groups is 1. The zero-order valence-corrected chi connectivity index (χ0v) is 19.1. The highest BCUT2D eigenvalue weighted by Gasteiger charge is 2.42. The number of halogens is 4. The normalized spacial score (nSPS) is 17.3. The molecule has 0 atom stereocenters. The van der Waals surface area contributed by atoms with E-state index in [2.05, 4.69) is 5.32 Å². The van der Waals surface area contributed by atoms with Crippen molar-refractivity contribution in [2.75, 3.05) is 18.4 Å². The van der Waals surface area contributed by atoms with E-state index in [1.165, 1.54) is 19.3 Å². The Bertz CT molecular complexity index is 973. The smallest absolute Gasteiger partial charge is 0.471 e. The van der Waals surface area contributed by atoms with Crippen molar-refractivity contribution in [2.45, 2.75) is 63.8 Å². The van der Waals surface area contributed by atoms with Crippen LogP contribution in [0.25, 0.3) is 0 Å². The van der Waals surface area contributed by atoms with Crippen molar-refractivity contribution in [3.63, 3.8) is 0 Å². The number of nitrogens with one attached hydrogen (secondary N) is 1. The minimum Gasteiger partial charge on any atom is -0.490 e. The highest BCUT2D eigenvalue weighted by Crippen LogP contribution is 2.33. The molecule has 1 saturated carbocycles. The maximum atomic E-state index is 12.9. The molecule has 1 fully saturated rings. The Balaban J connectivity index is 1.41. The van der Waals surface area contributed by atoms with Crippen molar-refractivity contribution >= 4 is 23.2 Å². The third kappa shape index (κ3) is 5.94. The van der Waals surface area contributed by atoms with Gasteiger partial charge in [0.1, 0.15) is 5.75 Å². The summed E-state index contributed by atoms with van der Waals surface area (Å²) in [5, 5.41) is 3.88. The van der Waals surface area contributed by atoms with Gasteiger partial charge in [-0.25, -0.2) is 0 Å². The van der Waals surface area contributed by atoms with E-state index in [1.807, 2.05) is 30.3 Å². The first-order valence-corrected chi connectivity index (χ1v) is 11.8. The van der Waals surface area contributed by atoms with E-state index in [0.29, 0.717) is 30.5 Å². The average Bonchev–Trinajstić information content (AvgIpc) is 3.02. The maximum Gasteiger partial charge on any atom is 0.471 e. The van der Waals surface area contributed by atoms with Crippen LogP contribution in [0.15, 0.2) is 36.4 Å². The Hall–Kier alpha value is -2.41. The lowest BCUT2D eigenvalue weighted by atomic mass is 9.98. The molecule has 1 aliphatic heterocycles. The van der Waals surface area contributed by atoms with Gasteiger partial charge in [-0.05, 0) is 73.4 Å². The predicted molar refractivity (Wildman–Crippen MR) is 123 cm³/mol. The van der Waals surface area contributed by atoms with Gasteiger partial charge in [0.15, 0.2) is 0 Å². The van der Waals surface area contributed by atoms with Gasteiger partial charge in [0.25, 0.3) is 0 Å². The predicted octanol–water partition coefficient (Wildman–Crippen LogP) is 6.15. The molecule has 0 aromatic heterocycles. The van der Waals surface area contributed by atoms with Crippen LogP contribution in [0.2, 0.25) is 5.02 Å². The number of carbonyl (C=O) groups excluding carboxylic acids is 1. The molecule has 0 unspecified atom stereocenters. The van der Waals surface area contributed by atoms with E-state index in [1.54, 1.807) is 6.07 Å². The largest absolute Gasteiger partial charge is 0.490 e. The number of rotatable bonds is 5. The molecule has 8 heteroatoms. The van der Waals surface area contributed by atoms with E-state index in [0.717, 1.165) is 45.9 Å². The van der Waals surface area contributed by atoms with Crippen molar-refractivity contribution in [1.29, 1.82) is 0 Å². The van der Waals surface area contributed by atoms with E-state index in [9.17, 15) is 18.0 Å². The molecular formula is C25H28ClF3N2O2. The molecule has 1 amide bonds. The Morgan fingerprint density at radius 1 is 1.03 bits per heavy atom. The fourth-order valence-corrected chi connectivity index (χ4v) is 4.87. The van der Waals surface area contributed by atoms with Crippen LogP contribution in [0, 0.1) is 0 Å². The lowest BCUT2D eigenvalue weighted by Crippen LogP contribution is -2.42. The van der Waals surface area contributed by atoms with Crippen molar-refractivity contribution < 1.29 is 22.7 Å². The van der Waals surface area contributed by atoms with Crippen LogP contribution in [0.4, 0.5) is 18.9 Å². The topological polar surface area (TPSA) is 41.6 Å². The molecule has 1 heterocycles. The molecule has 1 aliphatic carbocycles. The van der Waals surface area contributed by atoms with Crippen LogP contribution in [0.3, 0.4) is 0 Å². The lowest BCUT2D eigenvalue weighted by molar-refractivity contribution is -0.185. The van der Waals surface area contributed by atoms with Gasteiger partial charge in [-0.2, -0.15) is 13.2 Å². The Morgan fingerprint density at radius 2 is 1.73 bits per heavy atom. The fraction of sp³-hybridized carbons (Fsp3) is 0.480. The summed E-state index contributed by atoms with van der Waals surface area (Å²) in [5.74, 6) is -0.918. The van der Waals surface area contributed by atoms with E-state index in [-0.39, 0.29) is 13.1 Å². The first-order valence-electron chi connectivity index (χ1n) is 11.5. The number of anilines is 1. The molecule has 4 rings (SSSR count). The first-order chi connectivity index (χ1) is 15.8. The van der Waals surface area contributed by atoms with Gasteiger partial charge in [-0.1, -0.05) is 36.2 Å². The van der Waals surface area contributed by atoms with Crippen LogP contribution in [0.5, 0.6) is 5.75 Å². The molecule has 2 aromatic carbocycles. The number of amides is 1. The number of alkyl halides is 3. The van der Waals surface area contributed by atoms with Crippen molar-refractivity contribution in [3.8, 4) is 5.75 Å². The fourth-order valence-electron chi connectivity index (χ4n) is 4.62. The molecule has 1 N–H and O–H groups in total. The minimum atomic E-state index is -4.86. The molecule has 2 aliphatic rings. The van der Waals surface area contributed by atoms with Gasteiger partial charge < -0.3 is 15.0 Å². The number of benzene rings is 2. The molecule has 0 radical (unpaired) electrons. The number of nitrogens with zero attached hydrogens (tertiary/aromatic N) is 1. The third-order valence-electron chi connectivity index (χ3n) is 6.42. The number of hydrogen-bond donors (Lipinski definition) is 1. The molecule has 178 valence electrons. The maximum absolute atomic E-state index is 12.9. The summed E-state index contributed by atoms with van der Waals surface area (Å²) in [4.78, 5) is 12.6. The summed E-state index contributed by atoms with van der Waals surface area (Å²) in [6.07, 6.45) is 2.04. The summed E-state index contributed by atoms with van der Waals surface area (Å²) in [5.41, 5.74) is 3.55. The second-order valence-corrected chi connectivity index (χ2v) is 9.13. The van der Waals surface area contributed by atoms with Crippen LogP contribution in [-0.4, -0.2) is 36.2 Å². The number of ether oxygens (including phenoxy) is 1. The summed E-state index contributed by atoms with van der Waals surface area (Å²) in [6.45, 7) is 0.563. The molecular weight excluding hydrogens is 453 g/mol. The third-order valence-corrected chi connectivity index (χ3v) is 6.73. The van der Waals surface area contributed by atoms with Crippen molar-refractivity contribution in [2.24, 2.45) is 0 Å². The lowest BCUT2D eigenvalue weighted by Gasteiger charge is -2.23. The minimum absolute atomic E-state index is 0.00751. The Morgan fingerprint density at radius 3 is 2.42 bits per heavy atom. The van der Waals surface area contributed by atoms with Crippen LogP contribution in [0.1, 0.15) is 48.8 Å². The van der Waals surface area contributed by atoms with Gasteiger partial charge in [0, 0.05) is 19.6 Å². The van der Waals surface area contributed by atoms with Gasteiger partial charge in [-0.3, -0.25) is 4.79 Å². The second-order valence-electron chi connectivity index (χ2n) is 8.73. The van der Waals surface area contributed by atoms with Gasteiger partial charge in [-0.15, -0.1) is 0 Å². The van der Waals surface area contributed by atoms with E-state index in [4.69, 9.17) is 16.3 Å². The van der Waals surface area contributed by atoms with Crippen LogP contribution >= 0.6 is 11.6 Å². The average molecular weight is 481 g/mol. The van der Waals surface area contributed by atoms with Crippen LogP contribution in [-0.2, 0) is 24.2 Å². The molecule has 2 aromatic rings. The molecule has 0 spiro atoms. The van der Waals surface area contributed by atoms with Gasteiger partial charge in [0.05, 0.1) is 16.8 Å². The van der Waals surface area contributed by atoms with E-state index >= 15 is 0 Å². The van der Waals surface area contributed by atoms with Crippen molar-refractivity contribution in [1.82, 2.24) is 4.90 Å². The Labute approximate surface area is 197 Å². The van der Waals surface area contributed by atoms with E-state index < -0.39 is 12.1 Å². The summed E-state index contributed by atoms with van der Waals surface area (Å²) < 4.78 is 44.7. The number of fused-ring (bicyclic) bond motifs is 1. The monoisotopic (exact) mass is 480 g/mol. The molecule has 0 bridgehead atoms. The van der Waals surface area contributed by atoms with Crippen LogP contribution < -0.4 is 10.1 Å². The standard InChI is InChI=1S/C25H28ClF3N2O2/c26-22-11-8-18-12-14-31(24(32)25(27,28)29)15-13-21(18)23(22)30-16-17-6-9-20(10-7-17)33-19-4-2-1-3-5-19/h6-11,19,30H,1-5,12-16H2. The number of hydrogen-bond acceptors (Lipinski definition) is 3. The highest BCUT2D eigenvalue weighted by atomic mass is 35.5. The SMILES string of the molecule is O=C(N1CCc2ccc(Cl)c(NCc3ccc(OC4CCCCC4)cc3)c2CC1)C(F)(F)F. The summed E-state index contributed by atoms with van der Waals surface area (Å²) in [7, 11) is 0. The molecule has 4 nitrogen and oxygen atoms in total. The zero-order valence-electron chi connectivity index (χ0n) is 18.4. The molecule has 33 heavy (non-hydrogen) atoms. The second kappa shape index (κ2) is 10.2. The summed E-state index contributed by atoms with van der Waals surface area (Å²) >= 11 is 6.44. The first kappa shape index (κ1) is 23.7. The van der Waals surface area contributed by atoms with Gasteiger partial charge in [0.2, 0.25) is 0 Å². The highest BCUT2D eigenvalue weighted by molar-refractivity contribution is 6.33. The quantitative estimate of drug-likeness (QED) is 0.557. The Kier molecular flexibility index (Phi) is 7.37. The van der Waals surface area contributed by atoms with Crippen molar-refractivity contribution in [3.05, 3.63) is 58.1 Å². The summed E-state index contributed by atoms with van der Waals surface area (Å²) in [6, 6.07) is 11.5. The zero-order chi connectivity index (χ0) is 23.4.